The smallest absolute Gasteiger partial charge is 0.322 e. The van der Waals surface area contributed by atoms with E-state index in [0.717, 1.165) is 0 Å². The number of rotatable bonds is 5. The first kappa shape index (κ1) is 24.9. The summed E-state index contributed by atoms with van der Waals surface area (Å²) in [5.74, 6) is -0.590. The number of hydrogen-bond donors (Lipinski definition) is 0. The summed E-state index contributed by atoms with van der Waals surface area (Å²) >= 11 is 0. The molecule has 0 N–H and O–H groups in total. The quantitative estimate of drug-likeness (QED) is 0.385. The molecule has 0 radical (unpaired) electrons. The van der Waals surface area contributed by atoms with Gasteiger partial charge in [0.15, 0.2) is 0 Å². The Hall–Kier alpha value is -4.38. The lowest BCUT2D eigenvalue weighted by Gasteiger charge is -2.34. The molecule has 0 aliphatic carbocycles. The van der Waals surface area contributed by atoms with Crippen LogP contribution in [0.1, 0.15) is 18.9 Å². The van der Waals surface area contributed by atoms with Gasteiger partial charge in [-0.25, -0.2) is 18.4 Å². The van der Waals surface area contributed by atoms with E-state index in [0.29, 0.717) is 74.0 Å². The van der Waals surface area contributed by atoms with Crippen LogP contribution in [0, 0.1) is 11.6 Å². The van der Waals surface area contributed by atoms with E-state index in [2.05, 4.69) is 9.97 Å². The van der Waals surface area contributed by atoms with Crippen LogP contribution in [0.15, 0.2) is 65.6 Å². The molecular formula is C28H25F2N5O4. The van der Waals surface area contributed by atoms with Crippen molar-refractivity contribution in [3.8, 4) is 34.3 Å². The van der Waals surface area contributed by atoms with Crippen molar-refractivity contribution in [3.05, 3.63) is 82.8 Å². The molecule has 4 heterocycles. The molecule has 2 aromatic carbocycles. The summed E-state index contributed by atoms with van der Waals surface area (Å²) < 4.78 is 41.6. The monoisotopic (exact) mass is 533 g/mol. The van der Waals surface area contributed by atoms with Crippen molar-refractivity contribution in [3.63, 3.8) is 0 Å². The second kappa shape index (κ2) is 10.4. The number of morpholine rings is 1. The number of carbonyl (C=O) groups excluding carboxylic acids is 1. The summed E-state index contributed by atoms with van der Waals surface area (Å²) in [6.07, 6.45) is 2.69. The average molecular weight is 534 g/mol. The molecule has 2 aliphatic rings. The lowest BCUT2D eigenvalue weighted by molar-refractivity contribution is -0.140. The molecule has 200 valence electrons. The van der Waals surface area contributed by atoms with Gasteiger partial charge in [-0.15, -0.1) is 0 Å². The summed E-state index contributed by atoms with van der Waals surface area (Å²) in [6, 6.07) is 12.1. The molecule has 11 heteroatoms. The number of hydrogen-bond acceptors (Lipinski definition) is 6. The highest BCUT2D eigenvalue weighted by Crippen LogP contribution is 2.36. The van der Waals surface area contributed by atoms with Gasteiger partial charge in [0, 0.05) is 25.8 Å². The van der Waals surface area contributed by atoms with Crippen LogP contribution in [0.2, 0.25) is 0 Å². The number of aromatic nitrogens is 4. The maximum atomic E-state index is 13.8. The first-order valence-electron chi connectivity index (χ1n) is 12.7. The van der Waals surface area contributed by atoms with Gasteiger partial charge < -0.3 is 14.4 Å². The standard InChI is InChI=1S/C28H25F2N5O4/c29-19-5-3-18(4-6-19)24-25(22-11-12-31-28(32-22)39-21-9-7-20(30)8-10-21)35-23(2-1-13-34(35)27(24)37)26(36)33-14-16-38-17-15-33/h3-12,23H,1-2,13-17H2. The fraction of sp³-hybridized carbons (Fsp3) is 0.286. The van der Waals surface area contributed by atoms with Crippen LogP contribution in [-0.2, 0) is 16.1 Å². The minimum atomic E-state index is -0.634. The second-order valence-corrected chi connectivity index (χ2v) is 9.38. The molecule has 1 fully saturated rings. The number of ether oxygens (including phenoxy) is 2. The molecular weight excluding hydrogens is 508 g/mol. The van der Waals surface area contributed by atoms with Crippen molar-refractivity contribution in [2.45, 2.75) is 25.4 Å². The molecule has 0 saturated carbocycles. The van der Waals surface area contributed by atoms with Gasteiger partial charge in [-0.2, -0.15) is 4.98 Å². The summed E-state index contributed by atoms with van der Waals surface area (Å²) in [7, 11) is 0. The number of halogens is 2. The predicted octanol–water partition coefficient (Wildman–Crippen LogP) is 4.04. The number of carbonyl (C=O) groups is 1. The van der Waals surface area contributed by atoms with Crippen LogP contribution in [0.3, 0.4) is 0 Å². The van der Waals surface area contributed by atoms with Gasteiger partial charge in [0.2, 0.25) is 5.91 Å². The molecule has 39 heavy (non-hydrogen) atoms. The maximum absolute atomic E-state index is 13.8. The van der Waals surface area contributed by atoms with E-state index in [-0.39, 0.29) is 17.5 Å². The van der Waals surface area contributed by atoms with Crippen molar-refractivity contribution in [2.75, 3.05) is 26.3 Å². The molecule has 2 aromatic heterocycles. The van der Waals surface area contributed by atoms with Crippen LogP contribution in [-0.4, -0.2) is 56.4 Å². The Labute approximate surface area is 222 Å². The number of amides is 1. The van der Waals surface area contributed by atoms with E-state index >= 15 is 0 Å². The van der Waals surface area contributed by atoms with Gasteiger partial charge in [0.05, 0.1) is 30.2 Å². The van der Waals surface area contributed by atoms with E-state index in [4.69, 9.17) is 9.47 Å². The zero-order valence-electron chi connectivity index (χ0n) is 20.9. The van der Waals surface area contributed by atoms with Crippen LogP contribution in [0.5, 0.6) is 11.8 Å². The molecule has 6 rings (SSSR count). The lowest BCUT2D eigenvalue weighted by Crippen LogP contribution is -2.46. The van der Waals surface area contributed by atoms with Gasteiger partial charge in [-0.3, -0.25) is 14.3 Å². The highest BCUT2D eigenvalue weighted by Gasteiger charge is 2.36. The van der Waals surface area contributed by atoms with Gasteiger partial charge in [-0.1, -0.05) is 12.1 Å². The average Bonchev–Trinajstić information content (AvgIpc) is 3.27. The lowest BCUT2D eigenvalue weighted by atomic mass is 10.0. The van der Waals surface area contributed by atoms with E-state index < -0.39 is 17.7 Å². The third-order valence-corrected chi connectivity index (χ3v) is 6.96. The van der Waals surface area contributed by atoms with Crippen LogP contribution < -0.4 is 10.3 Å². The maximum Gasteiger partial charge on any atom is 0.322 e. The van der Waals surface area contributed by atoms with Crippen molar-refractivity contribution in [2.24, 2.45) is 0 Å². The van der Waals surface area contributed by atoms with Gasteiger partial charge in [0.1, 0.15) is 23.4 Å². The van der Waals surface area contributed by atoms with Gasteiger partial charge in [-0.05, 0) is 60.9 Å². The Morgan fingerprint density at radius 1 is 0.949 bits per heavy atom. The van der Waals surface area contributed by atoms with E-state index in [1.54, 1.807) is 20.3 Å². The van der Waals surface area contributed by atoms with E-state index in [9.17, 15) is 18.4 Å². The highest BCUT2D eigenvalue weighted by atomic mass is 19.1. The molecule has 1 unspecified atom stereocenters. The highest BCUT2D eigenvalue weighted by molar-refractivity contribution is 5.84. The summed E-state index contributed by atoms with van der Waals surface area (Å²) in [5, 5.41) is 0. The summed E-state index contributed by atoms with van der Waals surface area (Å²) in [5.41, 5.74) is 1.30. The first-order valence-corrected chi connectivity index (χ1v) is 12.7. The second-order valence-electron chi connectivity index (χ2n) is 9.38. The minimum Gasteiger partial charge on any atom is -0.424 e. The zero-order valence-corrected chi connectivity index (χ0v) is 20.9. The Morgan fingerprint density at radius 2 is 1.64 bits per heavy atom. The van der Waals surface area contributed by atoms with Gasteiger partial charge in [0.25, 0.3) is 5.56 Å². The van der Waals surface area contributed by atoms with Crippen molar-refractivity contribution in [1.82, 2.24) is 24.2 Å². The van der Waals surface area contributed by atoms with Crippen LogP contribution in [0.25, 0.3) is 22.5 Å². The molecule has 2 aliphatic heterocycles. The number of nitrogens with zero attached hydrogens (tertiary/aromatic N) is 5. The van der Waals surface area contributed by atoms with Crippen molar-refractivity contribution in [1.29, 1.82) is 0 Å². The van der Waals surface area contributed by atoms with Crippen molar-refractivity contribution < 1.29 is 23.0 Å². The molecule has 1 saturated heterocycles. The topological polar surface area (TPSA) is 91.5 Å². The predicted molar refractivity (Wildman–Crippen MR) is 137 cm³/mol. The third kappa shape index (κ3) is 4.81. The fourth-order valence-corrected chi connectivity index (χ4v) is 5.13. The SMILES string of the molecule is O=C(C1CCCn2c(=O)c(-c3ccc(F)cc3)c(-c3ccnc(Oc4ccc(F)cc4)n3)n21)N1CCOCC1. The van der Waals surface area contributed by atoms with E-state index in [1.165, 1.54) is 54.7 Å². The molecule has 0 bridgehead atoms. The summed E-state index contributed by atoms with van der Waals surface area (Å²) in [6.45, 7) is 2.29. The fourth-order valence-electron chi connectivity index (χ4n) is 5.13. The molecule has 4 aromatic rings. The van der Waals surface area contributed by atoms with Gasteiger partial charge >= 0.3 is 6.01 Å². The Kier molecular flexibility index (Phi) is 6.65. The largest absolute Gasteiger partial charge is 0.424 e. The first-order chi connectivity index (χ1) is 19.0. The molecule has 9 nitrogen and oxygen atoms in total. The molecule has 1 atom stereocenters. The van der Waals surface area contributed by atoms with Crippen molar-refractivity contribution >= 4 is 5.91 Å². The number of benzene rings is 2. The van der Waals surface area contributed by atoms with E-state index in [1.807, 2.05) is 0 Å². The summed E-state index contributed by atoms with van der Waals surface area (Å²) in [4.78, 5) is 38.1. The Balaban J connectivity index is 1.50. The Bertz CT molecular complexity index is 1560. The van der Waals surface area contributed by atoms with Crippen LogP contribution in [0.4, 0.5) is 8.78 Å². The molecule has 1 amide bonds. The zero-order chi connectivity index (χ0) is 26.9. The third-order valence-electron chi connectivity index (χ3n) is 6.96. The molecule has 0 spiro atoms. The number of fused-ring (bicyclic) bond motifs is 1. The Morgan fingerprint density at radius 3 is 2.36 bits per heavy atom. The van der Waals surface area contributed by atoms with Crippen LogP contribution >= 0.6 is 0 Å². The minimum absolute atomic E-state index is 0.0102. The normalized spacial score (nSPS) is 17.1.